The zero-order valence-corrected chi connectivity index (χ0v) is 10.5. The van der Waals surface area contributed by atoms with E-state index in [0.29, 0.717) is 4.47 Å². The van der Waals surface area contributed by atoms with Crippen LogP contribution < -0.4 is 0 Å². The fourth-order valence-corrected chi connectivity index (χ4v) is 2.21. The third-order valence-electron chi connectivity index (χ3n) is 2.30. The van der Waals surface area contributed by atoms with Crippen LogP contribution in [0.1, 0.15) is 37.0 Å². The summed E-state index contributed by atoms with van der Waals surface area (Å²) in [7, 11) is 0. The summed E-state index contributed by atoms with van der Waals surface area (Å²) in [5.74, 6) is -1.41. The molecule has 5 heteroatoms. The summed E-state index contributed by atoms with van der Waals surface area (Å²) in [6, 6.07) is 2.90. The second kappa shape index (κ2) is 4.84. The van der Waals surface area contributed by atoms with Crippen molar-refractivity contribution in [2.45, 2.75) is 25.9 Å². The minimum Gasteiger partial charge on any atom is -0.508 e. The Hall–Kier alpha value is -1.07. The van der Waals surface area contributed by atoms with Crippen LogP contribution in [0, 0.1) is 0 Å². The van der Waals surface area contributed by atoms with Crippen molar-refractivity contribution in [3.8, 4) is 5.75 Å². The van der Waals surface area contributed by atoms with Gasteiger partial charge in [-0.05, 0) is 23.6 Å². The van der Waals surface area contributed by atoms with Crippen LogP contribution in [0.2, 0.25) is 0 Å². The summed E-state index contributed by atoms with van der Waals surface area (Å²) >= 11 is 3.28. The van der Waals surface area contributed by atoms with Crippen molar-refractivity contribution in [2.24, 2.45) is 0 Å². The quantitative estimate of drug-likeness (QED) is 0.798. The highest BCUT2D eigenvalue weighted by Gasteiger charge is 2.21. The number of phenols is 1. The minimum absolute atomic E-state index is 0.0104. The molecule has 0 aliphatic carbocycles. The molecular weight excluding hydrogens is 276 g/mol. The first-order valence-corrected chi connectivity index (χ1v) is 5.57. The highest BCUT2D eigenvalue weighted by atomic mass is 79.9. The molecule has 0 spiro atoms. The van der Waals surface area contributed by atoms with Crippen LogP contribution in [-0.4, -0.2) is 21.3 Å². The van der Waals surface area contributed by atoms with Crippen molar-refractivity contribution in [3.63, 3.8) is 0 Å². The molecule has 0 aromatic heterocycles. The number of halogens is 1. The summed E-state index contributed by atoms with van der Waals surface area (Å²) in [5.41, 5.74) is 0.850. The highest BCUT2D eigenvalue weighted by Crippen LogP contribution is 2.34. The van der Waals surface area contributed by atoms with Crippen LogP contribution in [0.25, 0.3) is 0 Å². The van der Waals surface area contributed by atoms with Crippen LogP contribution in [0.15, 0.2) is 16.6 Å². The van der Waals surface area contributed by atoms with Crippen molar-refractivity contribution in [1.29, 1.82) is 0 Å². The molecule has 4 nitrogen and oxygen atoms in total. The first-order chi connectivity index (χ1) is 7.34. The Bertz CT molecular complexity index is 415. The van der Waals surface area contributed by atoms with E-state index >= 15 is 0 Å². The van der Waals surface area contributed by atoms with Crippen LogP contribution in [0.5, 0.6) is 5.75 Å². The number of hydrogen-bond donors (Lipinski definition) is 3. The predicted octanol–water partition coefficient (Wildman–Crippen LogP) is 2.40. The van der Waals surface area contributed by atoms with Crippen molar-refractivity contribution < 1.29 is 20.1 Å². The lowest BCUT2D eigenvalue weighted by Crippen LogP contribution is -2.11. The van der Waals surface area contributed by atoms with E-state index in [0.717, 1.165) is 5.56 Å². The lowest BCUT2D eigenvalue weighted by Gasteiger charge is -2.14. The van der Waals surface area contributed by atoms with Gasteiger partial charge < -0.3 is 15.3 Å². The van der Waals surface area contributed by atoms with Gasteiger partial charge in [0, 0.05) is 10.0 Å². The summed E-state index contributed by atoms with van der Waals surface area (Å²) < 4.78 is 0.676. The molecule has 1 rings (SSSR count). The molecule has 3 N–H and O–H groups in total. The first kappa shape index (κ1) is 13.0. The Kier molecular flexibility index (Phi) is 3.93. The van der Waals surface area contributed by atoms with Gasteiger partial charge in [0.1, 0.15) is 5.75 Å². The second-order valence-electron chi connectivity index (χ2n) is 3.83. The average molecular weight is 289 g/mol. The van der Waals surface area contributed by atoms with Gasteiger partial charge >= 0.3 is 5.97 Å². The molecule has 1 aromatic rings. The molecule has 0 amide bonds. The maximum absolute atomic E-state index is 10.6. The maximum atomic E-state index is 10.6. The smallest absolute Gasteiger partial charge is 0.337 e. The molecule has 0 bridgehead atoms. The van der Waals surface area contributed by atoms with Gasteiger partial charge in [-0.15, -0.1) is 0 Å². The van der Waals surface area contributed by atoms with Crippen LogP contribution in [0.4, 0.5) is 0 Å². The fraction of sp³-hybridized carbons (Fsp3) is 0.364. The van der Waals surface area contributed by atoms with Crippen LogP contribution in [0.3, 0.4) is 0 Å². The summed E-state index contributed by atoms with van der Waals surface area (Å²) in [6.45, 7) is 3.90. The summed E-state index contributed by atoms with van der Waals surface area (Å²) in [5, 5.41) is 27.6. The Morgan fingerprint density at radius 2 is 1.88 bits per heavy atom. The molecule has 0 saturated carbocycles. The van der Waals surface area contributed by atoms with Gasteiger partial charge in [0.2, 0.25) is 0 Å². The molecule has 0 aliphatic rings. The normalized spacial score (nSPS) is 12.8. The number of aliphatic carboxylic acids is 1. The summed E-state index contributed by atoms with van der Waals surface area (Å²) in [6.07, 6.45) is -1.71. The number of aliphatic hydroxyl groups is 1. The molecule has 0 radical (unpaired) electrons. The standard InChI is InChI=1S/C11H13BrO4/c1-5(2)6-4-9(13)7(3-8(6)12)10(14)11(15)16/h3-5,10,13-14H,1-2H3,(H,15,16). The monoisotopic (exact) mass is 288 g/mol. The first-order valence-electron chi connectivity index (χ1n) is 4.77. The van der Waals surface area contributed by atoms with Gasteiger partial charge in [-0.2, -0.15) is 0 Å². The third-order valence-corrected chi connectivity index (χ3v) is 2.98. The Balaban J connectivity index is 3.25. The molecule has 88 valence electrons. The number of benzene rings is 1. The van der Waals surface area contributed by atoms with E-state index in [4.69, 9.17) is 5.11 Å². The van der Waals surface area contributed by atoms with Gasteiger partial charge in [-0.25, -0.2) is 4.79 Å². The molecule has 1 aromatic carbocycles. The molecule has 0 saturated heterocycles. The number of aromatic hydroxyl groups is 1. The molecule has 0 fully saturated rings. The van der Waals surface area contributed by atoms with E-state index in [-0.39, 0.29) is 17.2 Å². The van der Waals surface area contributed by atoms with Gasteiger partial charge in [-0.3, -0.25) is 0 Å². The van der Waals surface area contributed by atoms with Crippen LogP contribution >= 0.6 is 15.9 Å². The molecule has 1 atom stereocenters. The zero-order valence-electron chi connectivity index (χ0n) is 8.94. The molecule has 0 heterocycles. The summed E-state index contributed by atoms with van der Waals surface area (Å²) in [4.78, 5) is 10.6. The van der Waals surface area contributed by atoms with E-state index in [1.54, 1.807) is 0 Å². The predicted molar refractivity (Wildman–Crippen MR) is 62.5 cm³/mol. The molecule has 16 heavy (non-hydrogen) atoms. The number of rotatable bonds is 3. The Labute approximate surface area is 102 Å². The van der Waals surface area contributed by atoms with Gasteiger partial charge in [0.25, 0.3) is 0 Å². The minimum atomic E-state index is -1.71. The Morgan fingerprint density at radius 3 is 2.31 bits per heavy atom. The van der Waals surface area contributed by atoms with Crippen molar-refractivity contribution in [2.75, 3.05) is 0 Å². The maximum Gasteiger partial charge on any atom is 0.337 e. The number of carboxylic acids is 1. The molecular formula is C11H13BrO4. The zero-order chi connectivity index (χ0) is 12.5. The lowest BCUT2D eigenvalue weighted by atomic mass is 9.99. The van der Waals surface area contributed by atoms with Gasteiger partial charge in [0.15, 0.2) is 6.10 Å². The average Bonchev–Trinajstić information content (AvgIpc) is 2.19. The number of carboxylic acid groups (broad SMARTS) is 1. The highest BCUT2D eigenvalue weighted by molar-refractivity contribution is 9.10. The number of aliphatic hydroxyl groups excluding tert-OH is 1. The van der Waals surface area contributed by atoms with E-state index in [1.165, 1.54) is 12.1 Å². The topological polar surface area (TPSA) is 77.8 Å². The van der Waals surface area contributed by atoms with Crippen molar-refractivity contribution in [1.82, 2.24) is 0 Å². The second-order valence-corrected chi connectivity index (χ2v) is 4.68. The Morgan fingerprint density at radius 1 is 1.31 bits per heavy atom. The lowest BCUT2D eigenvalue weighted by molar-refractivity contribution is -0.147. The SMILES string of the molecule is CC(C)c1cc(O)c(C(O)C(=O)O)cc1Br. The van der Waals surface area contributed by atoms with Crippen molar-refractivity contribution in [3.05, 3.63) is 27.7 Å². The van der Waals surface area contributed by atoms with Gasteiger partial charge in [0.05, 0.1) is 0 Å². The van der Waals surface area contributed by atoms with Gasteiger partial charge in [-0.1, -0.05) is 29.8 Å². The largest absolute Gasteiger partial charge is 0.508 e. The van der Waals surface area contributed by atoms with Crippen LogP contribution in [-0.2, 0) is 4.79 Å². The number of carbonyl (C=O) groups is 1. The molecule has 1 unspecified atom stereocenters. The number of hydrogen-bond acceptors (Lipinski definition) is 3. The van der Waals surface area contributed by atoms with E-state index in [2.05, 4.69) is 15.9 Å². The fourth-order valence-electron chi connectivity index (χ4n) is 1.39. The third kappa shape index (κ3) is 2.54. The van der Waals surface area contributed by atoms with E-state index in [1.807, 2.05) is 13.8 Å². The number of phenolic OH excluding ortho intramolecular Hbond substituents is 1. The molecule has 0 aliphatic heterocycles. The van der Waals surface area contributed by atoms with Crippen molar-refractivity contribution >= 4 is 21.9 Å². The van der Waals surface area contributed by atoms with E-state index in [9.17, 15) is 15.0 Å². The van der Waals surface area contributed by atoms with E-state index < -0.39 is 12.1 Å².